The number of aromatic nitrogens is 4. The summed E-state index contributed by atoms with van der Waals surface area (Å²) in [6, 6.07) is 0. The Kier molecular flexibility index (Phi) is 2.25. The number of rotatable bonds is 1. The lowest BCUT2D eigenvalue weighted by atomic mass is 9.82. The summed E-state index contributed by atoms with van der Waals surface area (Å²) >= 11 is 0. The lowest BCUT2D eigenvalue weighted by molar-refractivity contribution is 0.299. The molecule has 1 N–H and O–H groups in total. The molecule has 0 aromatic carbocycles. The Labute approximate surface area is 106 Å². The Morgan fingerprint density at radius 1 is 1.11 bits per heavy atom. The molecule has 2 aromatic heterocycles. The molecule has 2 aliphatic rings. The number of aromatic amines is 1. The predicted octanol–water partition coefficient (Wildman–Crippen LogP) is 1.98. The molecule has 1 aliphatic carbocycles. The summed E-state index contributed by atoms with van der Waals surface area (Å²) in [5.74, 6) is 2.80. The van der Waals surface area contributed by atoms with Gasteiger partial charge in [0.25, 0.3) is 0 Å². The summed E-state index contributed by atoms with van der Waals surface area (Å²) in [5, 5.41) is 8.04. The van der Waals surface area contributed by atoms with Crippen molar-refractivity contribution in [1.29, 1.82) is 0 Å². The second-order valence-corrected chi connectivity index (χ2v) is 5.54. The molecular weight excluding hydrogens is 226 g/mol. The minimum atomic E-state index is 0.842. The molecule has 1 aliphatic heterocycles. The van der Waals surface area contributed by atoms with Gasteiger partial charge in [-0.25, -0.2) is 9.97 Å². The van der Waals surface area contributed by atoms with Crippen LogP contribution in [0.1, 0.15) is 25.7 Å². The highest BCUT2D eigenvalue weighted by Gasteiger charge is 2.35. The van der Waals surface area contributed by atoms with Gasteiger partial charge in [0.15, 0.2) is 5.65 Å². The molecule has 3 heterocycles. The lowest BCUT2D eigenvalue weighted by Gasteiger charge is -2.22. The molecular formula is C13H17N5. The third-order valence-corrected chi connectivity index (χ3v) is 4.50. The molecule has 18 heavy (non-hydrogen) atoms. The fourth-order valence-electron chi connectivity index (χ4n) is 3.58. The molecule has 0 bridgehead atoms. The molecule has 5 heteroatoms. The van der Waals surface area contributed by atoms with Crippen LogP contribution in [0.5, 0.6) is 0 Å². The third-order valence-electron chi connectivity index (χ3n) is 4.50. The van der Waals surface area contributed by atoms with Crippen LogP contribution >= 0.6 is 0 Å². The Balaban J connectivity index is 1.69. The smallest absolute Gasteiger partial charge is 0.160 e. The molecule has 0 amide bonds. The van der Waals surface area contributed by atoms with E-state index >= 15 is 0 Å². The fourth-order valence-corrected chi connectivity index (χ4v) is 3.58. The molecule has 2 aromatic rings. The molecule has 1 saturated carbocycles. The number of H-pyrrole nitrogens is 1. The molecule has 1 saturated heterocycles. The highest BCUT2D eigenvalue weighted by atomic mass is 15.2. The quantitative estimate of drug-likeness (QED) is 0.832. The summed E-state index contributed by atoms with van der Waals surface area (Å²) < 4.78 is 0. The largest absolute Gasteiger partial charge is 0.355 e. The number of hydrogen-bond donors (Lipinski definition) is 1. The van der Waals surface area contributed by atoms with Crippen LogP contribution in [0.2, 0.25) is 0 Å². The standard InChI is InChI=1S/C13H17N5/c1-2-4-10-7-18(6-9(10)3-1)13-11-5-16-17-12(11)14-8-15-13/h5,8-10H,1-4,6-7H2,(H,14,15,16,17)/t9-,10+. The summed E-state index contributed by atoms with van der Waals surface area (Å²) in [5.41, 5.74) is 0.842. The van der Waals surface area contributed by atoms with Crippen LogP contribution in [0.15, 0.2) is 12.5 Å². The van der Waals surface area contributed by atoms with Crippen molar-refractivity contribution in [3.63, 3.8) is 0 Å². The van der Waals surface area contributed by atoms with Gasteiger partial charge in [0.2, 0.25) is 0 Å². The maximum atomic E-state index is 4.47. The van der Waals surface area contributed by atoms with Gasteiger partial charge in [-0.3, -0.25) is 5.10 Å². The van der Waals surface area contributed by atoms with Crippen molar-refractivity contribution in [3.8, 4) is 0 Å². The summed E-state index contributed by atoms with van der Waals surface area (Å²) in [7, 11) is 0. The van der Waals surface area contributed by atoms with Crippen LogP contribution in [0.4, 0.5) is 5.82 Å². The van der Waals surface area contributed by atoms with E-state index in [0.29, 0.717) is 0 Å². The zero-order chi connectivity index (χ0) is 11.9. The van der Waals surface area contributed by atoms with Crippen molar-refractivity contribution in [2.45, 2.75) is 25.7 Å². The number of anilines is 1. The molecule has 0 radical (unpaired) electrons. The normalized spacial score (nSPS) is 27.7. The van der Waals surface area contributed by atoms with E-state index in [0.717, 1.165) is 41.8 Å². The predicted molar refractivity (Wildman–Crippen MR) is 69.3 cm³/mol. The topological polar surface area (TPSA) is 57.7 Å². The van der Waals surface area contributed by atoms with Crippen LogP contribution in [0, 0.1) is 11.8 Å². The average molecular weight is 243 g/mol. The number of fused-ring (bicyclic) bond motifs is 2. The highest BCUT2D eigenvalue weighted by molar-refractivity contribution is 5.86. The van der Waals surface area contributed by atoms with Crippen molar-refractivity contribution in [2.75, 3.05) is 18.0 Å². The molecule has 2 atom stereocenters. The first-order chi connectivity index (χ1) is 8.92. The van der Waals surface area contributed by atoms with Crippen molar-refractivity contribution in [1.82, 2.24) is 20.2 Å². The lowest BCUT2D eigenvalue weighted by Crippen LogP contribution is -2.21. The minimum Gasteiger partial charge on any atom is -0.355 e. The van der Waals surface area contributed by atoms with Gasteiger partial charge in [-0.1, -0.05) is 12.8 Å². The first-order valence-corrected chi connectivity index (χ1v) is 6.81. The number of nitrogens with one attached hydrogen (secondary N) is 1. The van der Waals surface area contributed by atoms with E-state index < -0.39 is 0 Å². The van der Waals surface area contributed by atoms with Gasteiger partial charge in [0.1, 0.15) is 12.1 Å². The average Bonchev–Trinajstić information content (AvgIpc) is 3.04. The van der Waals surface area contributed by atoms with Crippen LogP contribution in [-0.2, 0) is 0 Å². The Morgan fingerprint density at radius 2 is 1.89 bits per heavy atom. The van der Waals surface area contributed by atoms with Crippen LogP contribution in [0.25, 0.3) is 11.0 Å². The van der Waals surface area contributed by atoms with E-state index in [4.69, 9.17) is 0 Å². The number of hydrogen-bond acceptors (Lipinski definition) is 4. The first-order valence-electron chi connectivity index (χ1n) is 6.81. The Bertz CT molecular complexity index is 549. The van der Waals surface area contributed by atoms with Crippen molar-refractivity contribution >= 4 is 16.9 Å². The second-order valence-electron chi connectivity index (χ2n) is 5.54. The molecule has 0 unspecified atom stereocenters. The van der Waals surface area contributed by atoms with Crippen molar-refractivity contribution in [2.24, 2.45) is 11.8 Å². The molecule has 4 rings (SSSR count). The first kappa shape index (κ1) is 10.3. The number of nitrogens with zero attached hydrogens (tertiary/aromatic N) is 4. The van der Waals surface area contributed by atoms with Gasteiger partial charge in [-0.2, -0.15) is 5.10 Å². The zero-order valence-corrected chi connectivity index (χ0v) is 10.3. The summed E-state index contributed by atoms with van der Waals surface area (Å²) in [6.45, 7) is 2.31. The third kappa shape index (κ3) is 1.50. The zero-order valence-electron chi connectivity index (χ0n) is 10.3. The summed E-state index contributed by atoms with van der Waals surface area (Å²) in [6.07, 6.45) is 9.06. The maximum Gasteiger partial charge on any atom is 0.160 e. The molecule has 5 nitrogen and oxygen atoms in total. The fraction of sp³-hybridized carbons (Fsp3) is 0.615. The highest BCUT2D eigenvalue weighted by Crippen LogP contribution is 2.38. The van der Waals surface area contributed by atoms with Gasteiger partial charge in [-0.15, -0.1) is 0 Å². The van der Waals surface area contributed by atoms with Gasteiger partial charge in [-0.05, 0) is 24.7 Å². The van der Waals surface area contributed by atoms with Crippen molar-refractivity contribution < 1.29 is 0 Å². The van der Waals surface area contributed by atoms with E-state index in [1.807, 2.05) is 6.20 Å². The van der Waals surface area contributed by atoms with E-state index in [-0.39, 0.29) is 0 Å². The van der Waals surface area contributed by atoms with E-state index in [2.05, 4.69) is 25.1 Å². The Morgan fingerprint density at radius 3 is 2.67 bits per heavy atom. The van der Waals surface area contributed by atoms with Gasteiger partial charge >= 0.3 is 0 Å². The second kappa shape index (κ2) is 3.93. The summed E-state index contributed by atoms with van der Waals surface area (Å²) in [4.78, 5) is 11.1. The van der Waals surface area contributed by atoms with Gasteiger partial charge < -0.3 is 4.90 Å². The van der Waals surface area contributed by atoms with E-state index in [1.165, 1.54) is 25.7 Å². The van der Waals surface area contributed by atoms with Gasteiger partial charge in [0.05, 0.1) is 11.6 Å². The minimum absolute atomic E-state index is 0.842. The van der Waals surface area contributed by atoms with Crippen LogP contribution in [0.3, 0.4) is 0 Å². The monoisotopic (exact) mass is 243 g/mol. The Hall–Kier alpha value is -1.65. The van der Waals surface area contributed by atoms with Gasteiger partial charge in [0, 0.05) is 13.1 Å². The molecule has 2 fully saturated rings. The van der Waals surface area contributed by atoms with Crippen LogP contribution in [-0.4, -0.2) is 33.3 Å². The maximum absolute atomic E-state index is 4.47. The molecule has 0 spiro atoms. The molecule has 94 valence electrons. The SMILES string of the molecule is c1nc(N2C[C@H]3CCCC[C@H]3C2)c2cn[nH]c2n1. The van der Waals surface area contributed by atoms with E-state index in [1.54, 1.807) is 6.33 Å². The van der Waals surface area contributed by atoms with Crippen LogP contribution < -0.4 is 4.90 Å². The van der Waals surface area contributed by atoms with Crippen molar-refractivity contribution in [3.05, 3.63) is 12.5 Å². The van der Waals surface area contributed by atoms with E-state index in [9.17, 15) is 0 Å².